The highest BCUT2D eigenvalue weighted by Crippen LogP contribution is 2.23. The molecule has 0 aliphatic carbocycles. The van der Waals surface area contributed by atoms with E-state index in [0.29, 0.717) is 12.8 Å². The summed E-state index contributed by atoms with van der Waals surface area (Å²) >= 11 is 0. The number of piperidine rings is 1. The Hall–Kier alpha value is -1.49. The van der Waals surface area contributed by atoms with E-state index in [1.54, 1.807) is 0 Å². The Morgan fingerprint density at radius 1 is 1.24 bits per heavy atom. The van der Waals surface area contributed by atoms with E-state index in [1.807, 2.05) is 0 Å². The Labute approximate surface area is 98.1 Å². The van der Waals surface area contributed by atoms with E-state index in [4.69, 9.17) is 5.21 Å². The molecule has 1 aromatic rings. The smallest absolute Gasteiger partial charge is 0.135 e. The first-order valence-corrected chi connectivity index (χ1v) is 5.61. The Balaban J connectivity index is 2.35. The lowest BCUT2D eigenvalue weighted by atomic mass is 9.88. The number of hydrogen-bond donors (Lipinski definition) is 2. The molecule has 2 N–H and O–H groups in total. The lowest BCUT2D eigenvalue weighted by Gasteiger charge is -2.23. The Bertz CT molecular complexity index is 408. The van der Waals surface area contributed by atoms with E-state index in [-0.39, 0.29) is 17.2 Å². The summed E-state index contributed by atoms with van der Waals surface area (Å²) in [5.41, 5.74) is -0.0935. The molecule has 1 heterocycles. The summed E-state index contributed by atoms with van der Waals surface area (Å²) in [4.78, 5) is 0. The molecule has 1 aromatic carbocycles. The second-order valence-corrected chi connectivity index (χ2v) is 4.11. The van der Waals surface area contributed by atoms with E-state index >= 15 is 0 Å². The van der Waals surface area contributed by atoms with Gasteiger partial charge in [0.15, 0.2) is 0 Å². The molecule has 0 amide bonds. The predicted molar refractivity (Wildman–Crippen MR) is 60.3 cm³/mol. The molecule has 92 valence electrons. The minimum Gasteiger partial charge on any atom is -0.411 e. The highest BCUT2D eigenvalue weighted by Gasteiger charge is 2.25. The topological polar surface area (TPSA) is 44.6 Å². The number of halogens is 2. The van der Waals surface area contributed by atoms with Crippen LogP contribution in [0.1, 0.15) is 18.4 Å². The molecule has 0 aromatic heterocycles. The maximum Gasteiger partial charge on any atom is 0.135 e. The average Bonchev–Trinajstić information content (AvgIpc) is 2.35. The lowest BCUT2D eigenvalue weighted by molar-refractivity contribution is 0.310. The van der Waals surface area contributed by atoms with E-state index < -0.39 is 11.6 Å². The van der Waals surface area contributed by atoms with Gasteiger partial charge >= 0.3 is 0 Å². The predicted octanol–water partition coefficient (Wildman–Crippen LogP) is 2.14. The first-order valence-electron chi connectivity index (χ1n) is 5.61. The van der Waals surface area contributed by atoms with Gasteiger partial charge in [0, 0.05) is 5.92 Å². The molecule has 0 saturated carbocycles. The van der Waals surface area contributed by atoms with Gasteiger partial charge in [0.25, 0.3) is 0 Å². The Morgan fingerprint density at radius 3 is 2.35 bits per heavy atom. The van der Waals surface area contributed by atoms with Crippen LogP contribution in [0.15, 0.2) is 23.4 Å². The normalized spacial score (nSPS) is 18.4. The molecule has 0 radical (unpaired) electrons. The molecule has 17 heavy (non-hydrogen) atoms. The van der Waals surface area contributed by atoms with Gasteiger partial charge in [-0.25, -0.2) is 8.78 Å². The van der Waals surface area contributed by atoms with Crippen molar-refractivity contribution in [3.05, 3.63) is 35.4 Å². The van der Waals surface area contributed by atoms with Gasteiger partial charge in [-0.15, -0.1) is 0 Å². The monoisotopic (exact) mass is 240 g/mol. The molecule has 2 rings (SSSR count). The second-order valence-electron chi connectivity index (χ2n) is 4.11. The first kappa shape index (κ1) is 12.0. The molecule has 0 unspecified atom stereocenters. The SMILES string of the molecule is O/N=C(\c1c(F)cccc1F)C1CCNCC1. The van der Waals surface area contributed by atoms with Gasteiger partial charge in [-0.2, -0.15) is 0 Å². The molecule has 1 saturated heterocycles. The second kappa shape index (κ2) is 5.23. The summed E-state index contributed by atoms with van der Waals surface area (Å²) in [6.07, 6.45) is 1.43. The Kier molecular flexibility index (Phi) is 3.68. The minimum absolute atomic E-state index is 0.104. The van der Waals surface area contributed by atoms with Crippen LogP contribution in [0.25, 0.3) is 0 Å². The van der Waals surface area contributed by atoms with E-state index in [9.17, 15) is 8.78 Å². The third-order valence-electron chi connectivity index (χ3n) is 3.05. The van der Waals surface area contributed by atoms with Crippen LogP contribution >= 0.6 is 0 Å². The van der Waals surface area contributed by atoms with Gasteiger partial charge in [-0.1, -0.05) is 11.2 Å². The molecular formula is C12H14F2N2O. The van der Waals surface area contributed by atoms with Gasteiger partial charge in [0.2, 0.25) is 0 Å². The Morgan fingerprint density at radius 2 is 1.82 bits per heavy atom. The average molecular weight is 240 g/mol. The molecule has 1 aliphatic rings. The number of hydrogen-bond acceptors (Lipinski definition) is 3. The van der Waals surface area contributed by atoms with E-state index in [0.717, 1.165) is 13.1 Å². The van der Waals surface area contributed by atoms with Crippen molar-refractivity contribution in [3.63, 3.8) is 0 Å². The van der Waals surface area contributed by atoms with Gasteiger partial charge in [0.1, 0.15) is 11.6 Å². The van der Waals surface area contributed by atoms with Gasteiger partial charge in [-0.05, 0) is 38.1 Å². The van der Waals surface area contributed by atoms with Crippen LogP contribution in [-0.2, 0) is 0 Å². The maximum atomic E-state index is 13.6. The van der Waals surface area contributed by atoms with Crippen molar-refractivity contribution >= 4 is 5.71 Å². The fourth-order valence-electron chi connectivity index (χ4n) is 2.17. The van der Waals surface area contributed by atoms with Crippen molar-refractivity contribution in [1.82, 2.24) is 5.32 Å². The van der Waals surface area contributed by atoms with Crippen LogP contribution in [0.2, 0.25) is 0 Å². The molecule has 0 bridgehead atoms. The summed E-state index contributed by atoms with van der Waals surface area (Å²) in [5.74, 6) is -1.47. The molecule has 1 fully saturated rings. The van der Waals surface area contributed by atoms with Crippen molar-refractivity contribution in [3.8, 4) is 0 Å². The van der Waals surface area contributed by atoms with Crippen LogP contribution in [0.5, 0.6) is 0 Å². The van der Waals surface area contributed by atoms with Crippen molar-refractivity contribution < 1.29 is 14.0 Å². The highest BCUT2D eigenvalue weighted by molar-refractivity contribution is 6.02. The van der Waals surface area contributed by atoms with Crippen molar-refractivity contribution in [1.29, 1.82) is 0 Å². The minimum atomic E-state index is -0.684. The van der Waals surface area contributed by atoms with Crippen LogP contribution in [-0.4, -0.2) is 24.0 Å². The summed E-state index contributed by atoms with van der Waals surface area (Å²) in [6, 6.07) is 3.64. The summed E-state index contributed by atoms with van der Waals surface area (Å²) < 4.78 is 27.2. The summed E-state index contributed by atoms with van der Waals surface area (Å²) in [6.45, 7) is 1.53. The van der Waals surface area contributed by atoms with Gasteiger partial charge in [0.05, 0.1) is 11.3 Å². The first-order chi connectivity index (χ1) is 8.24. The highest BCUT2D eigenvalue weighted by atomic mass is 19.1. The summed E-state index contributed by atoms with van der Waals surface area (Å²) in [5, 5.41) is 15.3. The largest absolute Gasteiger partial charge is 0.411 e. The maximum absolute atomic E-state index is 13.6. The quantitative estimate of drug-likeness (QED) is 0.472. The van der Waals surface area contributed by atoms with Crippen LogP contribution in [0.4, 0.5) is 8.78 Å². The zero-order valence-electron chi connectivity index (χ0n) is 9.29. The van der Waals surface area contributed by atoms with Gasteiger partial charge in [-0.3, -0.25) is 0 Å². The van der Waals surface area contributed by atoms with Crippen molar-refractivity contribution in [2.75, 3.05) is 13.1 Å². The zero-order chi connectivity index (χ0) is 12.3. The summed E-state index contributed by atoms with van der Waals surface area (Å²) in [7, 11) is 0. The van der Waals surface area contributed by atoms with Crippen molar-refractivity contribution in [2.24, 2.45) is 11.1 Å². The standard InChI is InChI=1S/C12H14F2N2O/c13-9-2-1-3-10(14)11(9)12(16-17)8-4-6-15-7-5-8/h1-3,8,15,17H,4-7H2/b16-12-. The van der Waals surface area contributed by atoms with Gasteiger partial charge < -0.3 is 10.5 Å². The fraction of sp³-hybridized carbons (Fsp3) is 0.417. The number of rotatable bonds is 2. The van der Waals surface area contributed by atoms with E-state index in [1.165, 1.54) is 18.2 Å². The van der Waals surface area contributed by atoms with Crippen LogP contribution < -0.4 is 5.32 Å². The molecule has 0 atom stereocenters. The number of nitrogens with zero attached hydrogens (tertiary/aromatic N) is 1. The molecule has 0 spiro atoms. The number of oxime groups is 1. The molecular weight excluding hydrogens is 226 g/mol. The third-order valence-corrected chi connectivity index (χ3v) is 3.05. The van der Waals surface area contributed by atoms with Crippen LogP contribution in [0, 0.1) is 17.6 Å². The zero-order valence-corrected chi connectivity index (χ0v) is 9.29. The number of benzene rings is 1. The van der Waals surface area contributed by atoms with Crippen molar-refractivity contribution in [2.45, 2.75) is 12.8 Å². The number of nitrogens with one attached hydrogen (secondary N) is 1. The molecule has 1 aliphatic heterocycles. The fourth-order valence-corrected chi connectivity index (χ4v) is 2.17. The third kappa shape index (κ3) is 2.44. The molecule has 5 heteroatoms. The van der Waals surface area contributed by atoms with E-state index in [2.05, 4.69) is 10.5 Å². The lowest BCUT2D eigenvalue weighted by Crippen LogP contribution is -2.33. The van der Waals surface area contributed by atoms with Crippen LogP contribution in [0.3, 0.4) is 0 Å². The molecule has 3 nitrogen and oxygen atoms in total.